The fourth-order valence-corrected chi connectivity index (χ4v) is 4.60. The number of nitrogens with zero attached hydrogens (tertiary/aromatic N) is 3. The first kappa shape index (κ1) is 18.3. The maximum absolute atomic E-state index is 14.6. The van der Waals surface area contributed by atoms with E-state index in [1.807, 2.05) is 18.2 Å². The second kappa shape index (κ2) is 5.77. The molecular weight excluding hydrogens is 403 g/mol. The van der Waals surface area contributed by atoms with Crippen molar-refractivity contribution in [3.05, 3.63) is 34.1 Å². The quantitative estimate of drug-likeness (QED) is 0.783. The molecule has 1 aromatic carbocycles. The number of hydrogen-bond acceptors (Lipinski definition) is 6. The van der Waals surface area contributed by atoms with Crippen LogP contribution < -0.4 is 0 Å². The molecule has 0 aliphatic carbocycles. The average Bonchev–Trinajstić information content (AvgIpc) is 2.79. The molecule has 2 heterocycles. The summed E-state index contributed by atoms with van der Waals surface area (Å²) in [6.45, 7) is 3.32. The van der Waals surface area contributed by atoms with Gasteiger partial charge < -0.3 is 9.47 Å². The topological polar surface area (TPSA) is 114 Å². The van der Waals surface area contributed by atoms with E-state index in [-0.39, 0.29) is 5.56 Å². The van der Waals surface area contributed by atoms with E-state index in [1.54, 1.807) is 13.8 Å². The molecule has 8 heteroatoms. The van der Waals surface area contributed by atoms with E-state index in [1.165, 1.54) is 18.2 Å². The third-order valence-corrected chi connectivity index (χ3v) is 5.86. The van der Waals surface area contributed by atoms with Gasteiger partial charge in [-0.3, -0.25) is 5.41 Å². The van der Waals surface area contributed by atoms with Gasteiger partial charge in [-0.2, -0.15) is 15.8 Å². The standard InChI is InChI=1S/C18H14BrFN4O2/c1-3-13-16(2)25-14(11-6-10(19)4-5-12(11)20)17(7-21,8-22)18(13,9-23)15(24)26-16/h4-6,13-14,24H,3H2,1-2H3. The van der Waals surface area contributed by atoms with Crippen LogP contribution in [0.15, 0.2) is 22.7 Å². The highest BCUT2D eigenvalue weighted by Gasteiger charge is 2.79. The summed E-state index contributed by atoms with van der Waals surface area (Å²) in [5.41, 5.74) is -4.05. The largest absolute Gasteiger partial charge is 0.448 e. The van der Waals surface area contributed by atoms with Crippen molar-refractivity contribution in [3.8, 4) is 18.2 Å². The number of rotatable bonds is 2. The van der Waals surface area contributed by atoms with Gasteiger partial charge in [-0.05, 0) is 24.6 Å². The van der Waals surface area contributed by atoms with Gasteiger partial charge in [0.15, 0.2) is 5.41 Å². The molecule has 0 saturated carbocycles. The van der Waals surface area contributed by atoms with E-state index < -0.39 is 40.4 Å². The van der Waals surface area contributed by atoms with Crippen molar-refractivity contribution >= 4 is 21.8 Å². The van der Waals surface area contributed by atoms with Crippen LogP contribution in [-0.4, -0.2) is 11.7 Å². The summed E-state index contributed by atoms with van der Waals surface area (Å²) in [6, 6.07) is 9.84. The third-order valence-electron chi connectivity index (χ3n) is 5.36. The Balaban J connectivity index is 2.38. The number of halogens is 2. The summed E-state index contributed by atoms with van der Waals surface area (Å²) in [5.74, 6) is -3.31. The summed E-state index contributed by atoms with van der Waals surface area (Å²) in [5, 5.41) is 38.2. The van der Waals surface area contributed by atoms with Gasteiger partial charge in [-0.15, -0.1) is 0 Å². The molecule has 2 aliphatic rings. The summed E-state index contributed by atoms with van der Waals surface area (Å²) >= 11 is 3.24. The second-order valence-electron chi connectivity index (χ2n) is 6.52. The minimum atomic E-state index is -2.14. The van der Waals surface area contributed by atoms with Gasteiger partial charge in [0.2, 0.25) is 17.1 Å². The first-order valence-corrected chi connectivity index (χ1v) is 8.70. The SMILES string of the molecule is CCC1C2(C)OC(=N)C1(C#N)C(C#N)(C#N)C(c1cc(Br)ccc1F)O2. The molecule has 0 amide bonds. The van der Waals surface area contributed by atoms with Gasteiger partial charge in [-0.1, -0.05) is 22.9 Å². The van der Waals surface area contributed by atoms with Crippen molar-refractivity contribution in [2.24, 2.45) is 16.7 Å². The molecule has 132 valence electrons. The zero-order valence-corrected chi connectivity index (χ0v) is 15.6. The molecule has 1 aromatic rings. The molecular formula is C18H14BrFN4O2. The molecule has 1 N–H and O–H groups in total. The Morgan fingerprint density at radius 3 is 2.46 bits per heavy atom. The Morgan fingerprint density at radius 1 is 1.27 bits per heavy atom. The van der Waals surface area contributed by atoms with Gasteiger partial charge in [-0.25, -0.2) is 4.39 Å². The van der Waals surface area contributed by atoms with Crippen molar-refractivity contribution in [2.75, 3.05) is 0 Å². The smallest absolute Gasteiger partial charge is 0.214 e. The van der Waals surface area contributed by atoms with Crippen molar-refractivity contribution < 1.29 is 13.9 Å². The molecule has 4 unspecified atom stereocenters. The highest BCUT2D eigenvalue weighted by molar-refractivity contribution is 9.10. The normalized spacial score (nSPS) is 34.3. The Bertz CT molecular complexity index is 917. The number of nitrogens with one attached hydrogen (secondary N) is 1. The molecule has 2 saturated heterocycles. The predicted molar refractivity (Wildman–Crippen MR) is 90.6 cm³/mol. The number of hydrogen-bond donors (Lipinski definition) is 1. The first-order chi connectivity index (χ1) is 12.3. The summed E-state index contributed by atoms with van der Waals surface area (Å²) in [4.78, 5) is 0. The minimum Gasteiger partial charge on any atom is -0.448 e. The van der Waals surface area contributed by atoms with Crippen molar-refractivity contribution in [3.63, 3.8) is 0 Å². The van der Waals surface area contributed by atoms with Crippen LogP contribution >= 0.6 is 15.9 Å². The van der Waals surface area contributed by atoms with Crippen LogP contribution in [-0.2, 0) is 9.47 Å². The molecule has 2 aliphatic heterocycles. The van der Waals surface area contributed by atoms with Crippen LogP contribution in [0.2, 0.25) is 0 Å². The Hall–Kier alpha value is -2.47. The van der Waals surface area contributed by atoms with E-state index in [9.17, 15) is 20.2 Å². The van der Waals surface area contributed by atoms with Gasteiger partial charge in [0.05, 0.1) is 24.1 Å². The monoisotopic (exact) mass is 416 g/mol. The lowest BCUT2D eigenvalue weighted by Gasteiger charge is -2.48. The number of fused-ring (bicyclic) bond motifs is 2. The van der Waals surface area contributed by atoms with Crippen LogP contribution in [0, 0.1) is 62.0 Å². The van der Waals surface area contributed by atoms with Crippen LogP contribution in [0.3, 0.4) is 0 Å². The lowest BCUT2D eigenvalue weighted by atomic mass is 9.53. The van der Waals surface area contributed by atoms with Crippen LogP contribution in [0.4, 0.5) is 4.39 Å². The van der Waals surface area contributed by atoms with E-state index >= 15 is 0 Å². The lowest BCUT2D eigenvalue weighted by Crippen LogP contribution is -2.58. The van der Waals surface area contributed by atoms with Gasteiger partial charge in [0, 0.05) is 17.0 Å². The number of benzene rings is 1. The van der Waals surface area contributed by atoms with Crippen LogP contribution in [0.25, 0.3) is 0 Å². The van der Waals surface area contributed by atoms with Crippen LogP contribution in [0.1, 0.15) is 31.9 Å². The fraction of sp³-hybridized carbons (Fsp3) is 0.444. The summed E-state index contributed by atoms with van der Waals surface area (Å²) in [6.07, 6.45) is -1.06. The molecule has 0 spiro atoms. The fourth-order valence-electron chi connectivity index (χ4n) is 4.22. The Kier molecular flexibility index (Phi) is 4.07. The number of nitriles is 3. The first-order valence-electron chi connectivity index (χ1n) is 7.90. The molecule has 6 nitrogen and oxygen atoms in total. The van der Waals surface area contributed by atoms with Crippen molar-refractivity contribution in [1.82, 2.24) is 0 Å². The molecule has 2 bridgehead atoms. The lowest BCUT2D eigenvalue weighted by molar-refractivity contribution is -0.273. The third kappa shape index (κ3) is 1.93. The van der Waals surface area contributed by atoms with E-state index in [2.05, 4.69) is 15.9 Å². The molecule has 3 rings (SSSR count). The molecule has 2 fully saturated rings. The highest BCUT2D eigenvalue weighted by atomic mass is 79.9. The van der Waals surface area contributed by atoms with E-state index in [4.69, 9.17) is 14.9 Å². The number of ether oxygens (including phenoxy) is 2. The average molecular weight is 417 g/mol. The van der Waals surface area contributed by atoms with Gasteiger partial charge in [0.1, 0.15) is 11.9 Å². The zero-order chi connectivity index (χ0) is 19.3. The molecule has 4 atom stereocenters. The second-order valence-corrected chi connectivity index (χ2v) is 7.44. The maximum Gasteiger partial charge on any atom is 0.214 e. The van der Waals surface area contributed by atoms with E-state index in [0.717, 1.165) is 0 Å². The molecule has 26 heavy (non-hydrogen) atoms. The predicted octanol–water partition coefficient (Wildman–Crippen LogP) is 3.95. The van der Waals surface area contributed by atoms with Crippen molar-refractivity contribution in [1.29, 1.82) is 21.2 Å². The Morgan fingerprint density at radius 2 is 1.92 bits per heavy atom. The van der Waals surface area contributed by atoms with Crippen molar-refractivity contribution in [2.45, 2.75) is 32.2 Å². The van der Waals surface area contributed by atoms with Crippen LogP contribution in [0.5, 0.6) is 0 Å². The Labute approximate surface area is 158 Å². The van der Waals surface area contributed by atoms with Gasteiger partial charge >= 0.3 is 0 Å². The minimum absolute atomic E-state index is 0.0406. The zero-order valence-electron chi connectivity index (χ0n) is 14.0. The van der Waals surface area contributed by atoms with Gasteiger partial charge in [0.25, 0.3) is 0 Å². The molecule has 0 radical (unpaired) electrons. The van der Waals surface area contributed by atoms with E-state index in [0.29, 0.717) is 10.9 Å². The summed E-state index contributed by atoms with van der Waals surface area (Å²) < 4.78 is 26.6. The highest BCUT2D eigenvalue weighted by Crippen LogP contribution is 2.67. The summed E-state index contributed by atoms with van der Waals surface area (Å²) in [7, 11) is 0. The maximum atomic E-state index is 14.6. The molecule has 0 aromatic heterocycles.